The van der Waals surface area contributed by atoms with E-state index < -0.39 is 0 Å². The van der Waals surface area contributed by atoms with Crippen LogP contribution in [0.5, 0.6) is 0 Å². The molecule has 1 aliphatic rings. The Morgan fingerprint density at radius 1 is 1.03 bits per heavy atom. The van der Waals surface area contributed by atoms with Gasteiger partial charge in [0.05, 0.1) is 31.4 Å². The molecule has 1 heterocycles. The first-order valence-corrected chi connectivity index (χ1v) is 11.4. The number of amidine groups is 1. The van der Waals surface area contributed by atoms with Crippen LogP contribution in [-0.4, -0.2) is 35.3 Å². The van der Waals surface area contributed by atoms with E-state index in [0.717, 1.165) is 27.8 Å². The van der Waals surface area contributed by atoms with E-state index in [4.69, 9.17) is 20.5 Å². The topological polar surface area (TPSA) is 97.4 Å². The van der Waals surface area contributed by atoms with Crippen molar-refractivity contribution in [2.24, 2.45) is 10.9 Å². The van der Waals surface area contributed by atoms with Crippen molar-refractivity contribution < 1.29 is 19.6 Å². The fourth-order valence-corrected chi connectivity index (χ4v) is 4.51. The van der Waals surface area contributed by atoms with Gasteiger partial charge in [-0.1, -0.05) is 65.8 Å². The number of nitrogens with two attached hydrogens (primary N) is 1. The molecule has 0 fully saturated rings. The number of carbonyl (C=O) groups is 1. The monoisotopic (exact) mass is 459 g/mol. The Kier molecular flexibility index (Phi) is 7.25. The molecule has 7 heteroatoms. The molecule has 7 nitrogen and oxygen atoms in total. The molecule has 1 atom stereocenters. The van der Waals surface area contributed by atoms with E-state index in [1.165, 1.54) is 0 Å². The summed E-state index contributed by atoms with van der Waals surface area (Å²) in [4.78, 5) is 18.6. The normalized spacial score (nSPS) is 15.8. The molecule has 3 aromatic carbocycles. The average molecular weight is 460 g/mol. The Hall–Kier alpha value is -3.68. The molecule has 1 aliphatic heterocycles. The fraction of sp³-hybridized carbons (Fsp3) is 0.259. The summed E-state index contributed by atoms with van der Waals surface area (Å²) >= 11 is 0. The number of hydroxylamine groups is 2. The fourth-order valence-electron chi connectivity index (χ4n) is 4.51. The number of ether oxygens (including phenoxy) is 1. The maximum absolute atomic E-state index is 12.7. The summed E-state index contributed by atoms with van der Waals surface area (Å²) in [6.07, 6.45) is 0.672. The molecule has 0 spiro atoms. The van der Waals surface area contributed by atoms with Crippen LogP contribution >= 0.6 is 0 Å². The third kappa shape index (κ3) is 4.66. The second-order valence-electron chi connectivity index (χ2n) is 8.04. The number of carbonyl (C=O) groups excluding carboxylic acids is 1. The van der Waals surface area contributed by atoms with Crippen molar-refractivity contribution in [1.29, 1.82) is 0 Å². The van der Waals surface area contributed by atoms with Gasteiger partial charge in [-0.2, -0.15) is 5.06 Å². The molecule has 3 aromatic rings. The van der Waals surface area contributed by atoms with Gasteiger partial charge in [-0.3, -0.25) is 4.84 Å². The summed E-state index contributed by atoms with van der Waals surface area (Å²) in [5, 5.41) is 14.2. The second-order valence-corrected chi connectivity index (χ2v) is 8.04. The number of rotatable bonds is 8. The Morgan fingerprint density at radius 2 is 1.76 bits per heavy atom. The average Bonchev–Trinajstić information content (AvgIpc) is 3.21. The summed E-state index contributed by atoms with van der Waals surface area (Å²) in [6.45, 7) is 5.26. The van der Waals surface area contributed by atoms with Crippen LogP contribution in [0.3, 0.4) is 0 Å². The van der Waals surface area contributed by atoms with E-state index in [9.17, 15) is 4.79 Å². The molecular weight excluding hydrogens is 430 g/mol. The third-order valence-corrected chi connectivity index (χ3v) is 6.00. The van der Waals surface area contributed by atoms with Crippen LogP contribution in [0.25, 0.3) is 11.1 Å². The maximum atomic E-state index is 12.7. The molecule has 3 N–H and O–H groups in total. The van der Waals surface area contributed by atoms with Gasteiger partial charge in [-0.25, -0.2) is 4.79 Å². The number of benzene rings is 3. The summed E-state index contributed by atoms with van der Waals surface area (Å²) in [5.74, 6) is -0.237. The van der Waals surface area contributed by atoms with Crippen LogP contribution in [0.1, 0.15) is 52.5 Å². The lowest BCUT2D eigenvalue weighted by Crippen LogP contribution is -2.25. The molecule has 34 heavy (non-hydrogen) atoms. The van der Waals surface area contributed by atoms with E-state index in [1.54, 1.807) is 0 Å². The van der Waals surface area contributed by atoms with Gasteiger partial charge in [0.25, 0.3) is 0 Å². The Morgan fingerprint density at radius 3 is 2.47 bits per heavy atom. The molecule has 0 aromatic heterocycles. The quantitative estimate of drug-likeness (QED) is 0.167. The van der Waals surface area contributed by atoms with Crippen molar-refractivity contribution in [2.75, 3.05) is 13.2 Å². The van der Waals surface area contributed by atoms with Gasteiger partial charge in [0.2, 0.25) is 0 Å². The van der Waals surface area contributed by atoms with Crippen molar-refractivity contribution >= 4 is 11.8 Å². The number of oxime groups is 1. The van der Waals surface area contributed by atoms with Gasteiger partial charge < -0.3 is 15.7 Å². The molecule has 0 aliphatic carbocycles. The van der Waals surface area contributed by atoms with Crippen LogP contribution in [0, 0.1) is 0 Å². The first-order valence-electron chi connectivity index (χ1n) is 11.4. The van der Waals surface area contributed by atoms with Crippen LogP contribution in [0.2, 0.25) is 0 Å². The minimum Gasteiger partial charge on any atom is -0.462 e. The highest BCUT2D eigenvalue weighted by molar-refractivity contribution is 6.03. The molecule has 1 unspecified atom stereocenters. The minimum absolute atomic E-state index is 0.0705. The largest absolute Gasteiger partial charge is 0.462 e. The number of fused-ring (bicyclic) bond motifs is 1. The first-order chi connectivity index (χ1) is 16.6. The zero-order valence-electron chi connectivity index (χ0n) is 19.4. The van der Waals surface area contributed by atoms with Crippen molar-refractivity contribution in [3.8, 4) is 11.1 Å². The molecule has 176 valence electrons. The Labute approximate surface area is 199 Å². The van der Waals surface area contributed by atoms with Gasteiger partial charge >= 0.3 is 5.97 Å². The SMILES string of the molecule is CCOC(=O)c1cccc2c1C(Cc1ccc(-c3ccccc3C(N)=NO)cc1)N(OCC)C2. The summed E-state index contributed by atoms with van der Waals surface area (Å²) in [5.41, 5.74) is 12.1. The van der Waals surface area contributed by atoms with E-state index >= 15 is 0 Å². The number of hydrogen-bond acceptors (Lipinski definition) is 6. The minimum atomic E-state index is -0.308. The van der Waals surface area contributed by atoms with Gasteiger partial charge in [0.15, 0.2) is 5.84 Å². The van der Waals surface area contributed by atoms with Gasteiger partial charge in [-0.15, -0.1) is 0 Å². The van der Waals surface area contributed by atoms with E-state index in [0.29, 0.717) is 37.3 Å². The lowest BCUT2D eigenvalue weighted by atomic mass is 9.92. The summed E-state index contributed by atoms with van der Waals surface area (Å²) in [6, 6.07) is 21.4. The maximum Gasteiger partial charge on any atom is 0.338 e. The molecule has 0 bridgehead atoms. The number of hydrogen-bond donors (Lipinski definition) is 2. The predicted molar refractivity (Wildman–Crippen MR) is 130 cm³/mol. The van der Waals surface area contributed by atoms with E-state index in [1.807, 2.05) is 73.5 Å². The van der Waals surface area contributed by atoms with Crippen molar-refractivity contribution in [2.45, 2.75) is 32.9 Å². The second kappa shape index (κ2) is 10.5. The highest BCUT2D eigenvalue weighted by atomic mass is 16.7. The Bertz CT molecular complexity index is 1190. The standard InChI is InChI=1S/C27H29N3O4/c1-3-33-27(31)23-11-7-8-20-17-30(34-4-2)24(25(20)23)16-18-12-14-19(15-13-18)21-9-5-6-10-22(21)26(28)29-32/h5-15,24,32H,3-4,16-17H2,1-2H3,(H2,28,29). The molecule has 0 amide bonds. The molecule has 0 radical (unpaired) electrons. The lowest BCUT2D eigenvalue weighted by molar-refractivity contribution is -0.182. The van der Waals surface area contributed by atoms with Crippen LogP contribution in [0.4, 0.5) is 0 Å². The van der Waals surface area contributed by atoms with E-state index in [-0.39, 0.29) is 17.8 Å². The van der Waals surface area contributed by atoms with Crippen molar-refractivity contribution in [3.63, 3.8) is 0 Å². The molecule has 0 saturated heterocycles. The van der Waals surface area contributed by atoms with Crippen LogP contribution in [-0.2, 0) is 22.5 Å². The van der Waals surface area contributed by atoms with Gasteiger partial charge in [0, 0.05) is 5.56 Å². The van der Waals surface area contributed by atoms with Crippen LogP contribution < -0.4 is 5.73 Å². The molecule has 0 saturated carbocycles. The first kappa shape index (κ1) is 23.5. The Balaban J connectivity index is 1.65. The van der Waals surface area contributed by atoms with Crippen molar-refractivity contribution in [3.05, 3.63) is 94.5 Å². The summed E-state index contributed by atoms with van der Waals surface area (Å²) < 4.78 is 5.32. The predicted octanol–water partition coefficient (Wildman–Crippen LogP) is 4.68. The number of nitrogens with zero attached hydrogens (tertiary/aromatic N) is 2. The summed E-state index contributed by atoms with van der Waals surface area (Å²) in [7, 11) is 0. The van der Waals surface area contributed by atoms with Crippen LogP contribution in [0.15, 0.2) is 71.9 Å². The number of esters is 1. The zero-order chi connectivity index (χ0) is 24.1. The molecule has 4 rings (SSSR count). The van der Waals surface area contributed by atoms with E-state index in [2.05, 4.69) is 17.3 Å². The zero-order valence-corrected chi connectivity index (χ0v) is 19.4. The van der Waals surface area contributed by atoms with Gasteiger partial charge in [0.1, 0.15) is 0 Å². The smallest absolute Gasteiger partial charge is 0.338 e. The van der Waals surface area contributed by atoms with Crippen molar-refractivity contribution in [1.82, 2.24) is 5.06 Å². The molecular formula is C27H29N3O4. The van der Waals surface area contributed by atoms with Gasteiger partial charge in [-0.05, 0) is 54.2 Å². The highest BCUT2D eigenvalue weighted by Crippen LogP contribution is 2.39. The highest BCUT2D eigenvalue weighted by Gasteiger charge is 2.35. The lowest BCUT2D eigenvalue weighted by Gasteiger charge is -2.25. The third-order valence-electron chi connectivity index (χ3n) is 6.00.